The van der Waals surface area contributed by atoms with Crippen LogP contribution in [0.4, 0.5) is 0 Å². The zero-order chi connectivity index (χ0) is 14.8. The second-order valence-corrected chi connectivity index (χ2v) is 6.20. The molecule has 2 rings (SSSR count). The molecule has 0 spiro atoms. The summed E-state index contributed by atoms with van der Waals surface area (Å²) in [5.41, 5.74) is 1.72. The molecular formula is C16H25ClN2O. The zero-order valence-electron chi connectivity index (χ0n) is 12.8. The van der Waals surface area contributed by atoms with Gasteiger partial charge in [0.25, 0.3) is 0 Å². The first-order chi connectivity index (χ1) is 9.57. The van der Waals surface area contributed by atoms with E-state index >= 15 is 0 Å². The van der Waals surface area contributed by atoms with Crippen LogP contribution in [0.3, 0.4) is 0 Å². The Labute approximate surface area is 126 Å². The van der Waals surface area contributed by atoms with Crippen molar-refractivity contribution in [3.05, 3.63) is 16.4 Å². The highest BCUT2D eigenvalue weighted by Crippen LogP contribution is 2.42. The van der Waals surface area contributed by atoms with Crippen LogP contribution in [0.2, 0.25) is 5.02 Å². The maximum absolute atomic E-state index is 12.8. The van der Waals surface area contributed by atoms with E-state index in [-0.39, 0.29) is 5.41 Å². The number of Topliss-reactive ketones (excluding diaryl/α,β-unsaturated/α-hetero) is 1. The predicted molar refractivity (Wildman–Crippen MR) is 82.2 cm³/mol. The predicted octanol–water partition coefficient (Wildman–Crippen LogP) is 4.20. The first-order valence-corrected chi connectivity index (χ1v) is 8.23. The van der Waals surface area contributed by atoms with Crippen LogP contribution in [0.1, 0.15) is 64.3 Å². The summed E-state index contributed by atoms with van der Waals surface area (Å²) in [6.07, 6.45) is 6.65. The first-order valence-electron chi connectivity index (χ1n) is 7.85. The van der Waals surface area contributed by atoms with E-state index in [1.807, 2.05) is 18.5 Å². The number of nitrogens with zero attached hydrogens (tertiary/aromatic N) is 2. The van der Waals surface area contributed by atoms with Crippen LogP contribution < -0.4 is 0 Å². The summed E-state index contributed by atoms with van der Waals surface area (Å²) in [5.74, 6) is 0.358. The molecule has 1 aliphatic carbocycles. The van der Waals surface area contributed by atoms with Gasteiger partial charge in [0.1, 0.15) is 5.78 Å². The molecule has 0 aromatic carbocycles. The van der Waals surface area contributed by atoms with Crippen molar-refractivity contribution in [2.45, 2.75) is 72.3 Å². The monoisotopic (exact) mass is 296 g/mol. The second kappa shape index (κ2) is 6.30. The molecule has 1 aromatic heterocycles. The number of halogens is 1. The summed E-state index contributed by atoms with van der Waals surface area (Å²) in [7, 11) is 0. The molecule has 1 fully saturated rings. The summed E-state index contributed by atoms with van der Waals surface area (Å²) >= 11 is 6.41. The maximum atomic E-state index is 12.8. The van der Waals surface area contributed by atoms with Crippen molar-refractivity contribution in [2.75, 3.05) is 0 Å². The van der Waals surface area contributed by atoms with Crippen molar-refractivity contribution in [3.8, 4) is 0 Å². The van der Waals surface area contributed by atoms with E-state index in [1.165, 1.54) is 12.8 Å². The van der Waals surface area contributed by atoms with Crippen LogP contribution in [0, 0.1) is 5.41 Å². The van der Waals surface area contributed by atoms with Gasteiger partial charge >= 0.3 is 0 Å². The highest BCUT2D eigenvalue weighted by atomic mass is 35.5. The summed E-state index contributed by atoms with van der Waals surface area (Å²) < 4.78 is 1.90. The van der Waals surface area contributed by atoms with Crippen LogP contribution in [-0.4, -0.2) is 15.6 Å². The quantitative estimate of drug-likeness (QED) is 0.788. The fourth-order valence-corrected chi connectivity index (χ4v) is 3.74. The van der Waals surface area contributed by atoms with Crippen molar-refractivity contribution in [1.29, 1.82) is 0 Å². The third kappa shape index (κ3) is 2.65. The van der Waals surface area contributed by atoms with E-state index < -0.39 is 0 Å². The Morgan fingerprint density at radius 3 is 2.45 bits per heavy atom. The van der Waals surface area contributed by atoms with Gasteiger partial charge in [-0.05, 0) is 32.6 Å². The first kappa shape index (κ1) is 15.6. The number of hydrogen-bond donors (Lipinski definition) is 0. The number of aromatic nitrogens is 2. The molecule has 1 aliphatic rings. The standard InChI is InChI=1S/C16H25ClN2O/c1-4-12-15(17)13(19(6-3)18-12)11-14(20)16(5-2)9-7-8-10-16/h4-11H2,1-3H3. The van der Waals surface area contributed by atoms with Gasteiger partial charge in [-0.1, -0.05) is 38.3 Å². The largest absolute Gasteiger partial charge is 0.299 e. The normalized spacial score (nSPS) is 17.6. The molecule has 0 bridgehead atoms. The van der Waals surface area contributed by atoms with E-state index in [2.05, 4.69) is 12.0 Å². The highest BCUT2D eigenvalue weighted by molar-refractivity contribution is 6.32. The van der Waals surface area contributed by atoms with Crippen LogP contribution in [0.5, 0.6) is 0 Å². The van der Waals surface area contributed by atoms with E-state index in [0.29, 0.717) is 17.2 Å². The number of ketones is 1. The van der Waals surface area contributed by atoms with E-state index in [0.717, 1.165) is 43.6 Å². The number of rotatable bonds is 6. The fourth-order valence-electron chi connectivity index (χ4n) is 3.41. The molecule has 0 radical (unpaired) electrons. The maximum Gasteiger partial charge on any atom is 0.144 e. The molecule has 1 heterocycles. The van der Waals surface area contributed by atoms with E-state index in [1.54, 1.807) is 0 Å². The highest BCUT2D eigenvalue weighted by Gasteiger charge is 2.39. The Balaban J connectivity index is 2.25. The Kier molecular flexibility index (Phi) is 4.90. The smallest absolute Gasteiger partial charge is 0.144 e. The Morgan fingerprint density at radius 2 is 1.95 bits per heavy atom. The molecule has 20 heavy (non-hydrogen) atoms. The second-order valence-electron chi connectivity index (χ2n) is 5.82. The topological polar surface area (TPSA) is 34.9 Å². The van der Waals surface area contributed by atoms with Gasteiger partial charge in [-0.2, -0.15) is 5.10 Å². The summed E-state index contributed by atoms with van der Waals surface area (Å²) in [6, 6.07) is 0. The van der Waals surface area contributed by atoms with Crippen molar-refractivity contribution in [2.24, 2.45) is 5.41 Å². The lowest BCUT2D eigenvalue weighted by molar-refractivity contribution is -0.128. The molecule has 3 nitrogen and oxygen atoms in total. The lowest BCUT2D eigenvalue weighted by Gasteiger charge is -2.25. The molecule has 1 saturated carbocycles. The Morgan fingerprint density at radius 1 is 1.30 bits per heavy atom. The van der Waals surface area contributed by atoms with Crippen molar-refractivity contribution in [1.82, 2.24) is 9.78 Å². The molecule has 112 valence electrons. The zero-order valence-corrected chi connectivity index (χ0v) is 13.6. The Hall–Kier alpha value is -0.830. The number of hydrogen-bond acceptors (Lipinski definition) is 2. The number of aryl methyl sites for hydroxylation is 2. The van der Waals surface area contributed by atoms with Gasteiger partial charge in [0.05, 0.1) is 22.8 Å². The third-order valence-corrected chi connectivity index (χ3v) is 5.29. The minimum atomic E-state index is -0.0987. The van der Waals surface area contributed by atoms with Crippen LogP contribution in [0.25, 0.3) is 0 Å². The number of carbonyl (C=O) groups is 1. The molecule has 1 aromatic rings. The lowest BCUT2D eigenvalue weighted by Crippen LogP contribution is -2.29. The van der Waals surface area contributed by atoms with Crippen molar-refractivity contribution >= 4 is 17.4 Å². The summed E-state index contributed by atoms with van der Waals surface area (Å²) in [6.45, 7) is 6.99. The summed E-state index contributed by atoms with van der Waals surface area (Å²) in [4.78, 5) is 12.8. The van der Waals surface area contributed by atoms with Gasteiger partial charge < -0.3 is 0 Å². The van der Waals surface area contributed by atoms with E-state index in [4.69, 9.17) is 11.6 Å². The van der Waals surface area contributed by atoms with Gasteiger partial charge in [0, 0.05) is 12.0 Å². The summed E-state index contributed by atoms with van der Waals surface area (Å²) in [5, 5.41) is 5.21. The minimum Gasteiger partial charge on any atom is -0.299 e. The fraction of sp³-hybridized carbons (Fsp3) is 0.750. The Bertz CT molecular complexity index is 487. The van der Waals surface area contributed by atoms with Gasteiger partial charge in [-0.3, -0.25) is 9.48 Å². The molecule has 4 heteroatoms. The van der Waals surface area contributed by atoms with Crippen molar-refractivity contribution < 1.29 is 4.79 Å². The van der Waals surface area contributed by atoms with Crippen LogP contribution >= 0.6 is 11.6 Å². The van der Waals surface area contributed by atoms with Gasteiger partial charge in [-0.15, -0.1) is 0 Å². The van der Waals surface area contributed by atoms with Crippen molar-refractivity contribution in [3.63, 3.8) is 0 Å². The van der Waals surface area contributed by atoms with Crippen LogP contribution in [0.15, 0.2) is 0 Å². The molecule has 0 atom stereocenters. The molecule has 0 saturated heterocycles. The van der Waals surface area contributed by atoms with Crippen LogP contribution in [-0.2, 0) is 24.2 Å². The van der Waals surface area contributed by atoms with Gasteiger partial charge in [-0.25, -0.2) is 0 Å². The molecule has 0 unspecified atom stereocenters. The van der Waals surface area contributed by atoms with Gasteiger partial charge in [0.2, 0.25) is 0 Å². The number of carbonyl (C=O) groups excluding carboxylic acids is 1. The SMILES string of the molecule is CCc1nn(CC)c(CC(=O)C2(CC)CCCC2)c1Cl. The lowest BCUT2D eigenvalue weighted by atomic mass is 9.77. The average Bonchev–Trinajstić information content (AvgIpc) is 3.06. The third-order valence-electron chi connectivity index (χ3n) is 4.85. The minimum absolute atomic E-state index is 0.0987. The molecule has 0 amide bonds. The van der Waals surface area contributed by atoms with E-state index in [9.17, 15) is 4.79 Å². The van der Waals surface area contributed by atoms with Gasteiger partial charge in [0.15, 0.2) is 0 Å². The molecular weight excluding hydrogens is 272 g/mol. The molecule has 0 aliphatic heterocycles. The molecule has 0 N–H and O–H groups in total. The average molecular weight is 297 g/mol.